The molecule has 5 nitrogen and oxygen atoms in total. The summed E-state index contributed by atoms with van der Waals surface area (Å²) in [6.07, 6.45) is 1.13. The first kappa shape index (κ1) is 21.6. The molecular weight excluding hydrogens is 453 g/mol. The molecule has 0 unspecified atom stereocenters. The summed E-state index contributed by atoms with van der Waals surface area (Å²) >= 11 is 6.28. The molecule has 1 aromatic carbocycles. The van der Waals surface area contributed by atoms with Crippen molar-refractivity contribution in [1.82, 2.24) is 4.98 Å². The van der Waals surface area contributed by atoms with Crippen LogP contribution in [0.5, 0.6) is 0 Å². The van der Waals surface area contributed by atoms with Gasteiger partial charge in [0.25, 0.3) is 5.91 Å². The monoisotopic (exact) mass is 472 g/mol. The summed E-state index contributed by atoms with van der Waals surface area (Å²) in [4.78, 5) is 17.4. The molecule has 0 saturated carbocycles. The number of carbonyl (C=O) groups excluding carboxylic acids is 1. The van der Waals surface area contributed by atoms with Gasteiger partial charge < -0.3 is 5.32 Å². The first-order valence-corrected chi connectivity index (χ1v) is 14.0. The fourth-order valence-corrected chi connectivity index (χ4v) is 7.13. The maximum Gasteiger partial charge on any atom is 0.265 e. The third kappa shape index (κ3) is 5.73. The molecule has 0 aliphatic rings. The Morgan fingerprint density at radius 2 is 1.96 bits per heavy atom. The Hall–Kier alpha value is -1.07. The van der Waals surface area contributed by atoms with Crippen molar-refractivity contribution >= 4 is 77.8 Å². The van der Waals surface area contributed by atoms with Gasteiger partial charge >= 0.3 is 0 Å². The summed E-state index contributed by atoms with van der Waals surface area (Å²) in [5, 5.41) is 3.47. The molecule has 10 heteroatoms. The summed E-state index contributed by atoms with van der Waals surface area (Å²) in [5.41, 5.74) is 1.58. The number of carbonyl (C=O) groups is 1. The van der Waals surface area contributed by atoms with Gasteiger partial charge in [0.1, 0.15) is 4.21 Å². The Morgan fingerprint density at radius 3 is 2.64 bits per heavy atom. The molecule has 28 heavy (non-hydrogen) atoms. The summed E-state index contributed by atoms with van der Waals surface area (Å²) < 4.78 is 25.4. The molecule has 150 valence electrons. The fraction of sp³-hybridized carbons (Fsp3) is 0.333. The van der Waals surface area contributed by atoms with E-state index in [0.29, 0.717) is 15.8 Å². The van der Waals surface area contributed by atoms with Gasteiger partial charge in [0, 0.05) is 23.4 Å². The molecule has 3 rings (SSSR count). The van der Waals surface area contributed by atoms with Crippen LogP contribution in [-0.4, -0.2) is 42.3 Å². The molecule has 1 N–H and O–H groups in total. The molecule has 0 atom stereocenters. The topological polar surface area (TPSA) is 76.1 Å². The smallest absolute Gasteiger partial charge is 0.265 e. The van der Waals surface area contributed by atoms with E-state index in [9.17, 15) is 13.2 Å². The molecule has 0 fully saturated rings. The largest absolute Gasteiger partial charge is 0.321 e. The average molecular weight is 473 g/mol. The molecule has 0 radical (unpaired) electrons. The van der Waals surface area contributed by atoms with Crippen molar-refractivity contribution in [2.45, 2.75) is 27.6 Å². The zero-order valence-electron chi connectivity index (χ0n) is 15.6. The highest BCUT2D eigenvalue weighted by molar-refractivity contribution is 8.04. The second kappa shape index (κ2) is 9.17. The van der Waals surface area contributed by atoms with E-state index in [1.54, 1.807) is 23.1 Å². The Bertz CT molecular complexity index is 1090. The van der Waals surface area contributed by atoms with E-state index in [-0.39, 0.29) is 10.1 Å². The van der Waals surface area contributed by atoms with Crippen LogP contribution in [0.2, 0.25) is 0 Å². The lowest BCUT2D eigenvalue weighted by Crippen LogP contribution is -2.09. The van der Waals surface area contributed by atoms with Gasteiger partial charge in [0.2, 0.25) is 0 Å². The number of thiophene rings is 1. The number of benzene rings is 1. The van der Waals surface area contributed by atoms with E-state index >= 15 is 0 Å². The van der Waals surface area contributed by atoms with Crippen LogP contribution in [0.3, 0.4) is 0 Å². The van der Waals surface area contributed by atoms with Crippen LogP contribution in [0, 0.1) is 0 Å². The predicted octanol–water partition coefficient (Wildman–Crippen LogP) is 5.25. The predicted molar refractivity (Wildman–Crippen MR) is 123 cm³/mol. The minimum atomic E-state index is -3.30. The number of rotatable bonds is 8. The number of thioether (sulfide) groups is 2. The highest BCUT2D eigenvalue weighted by Gasteiger charge is 2.15. The van der Waals surface area contributed by atoms with Gasteiger partial charge in [0.15, 0.2) is 14.2 Å². The fourth-order valence-electron chi connectivity index (χ4n) is 2.29. The van der Waals surface area contributed by atoms with Gasteiger partial charge in [-0.15, -0.1) is 22.7 Å². The number of aromatic nitrogens is 1. The van der Waals surface area contributed by atoms with Gasteiger partial charge in [-0.3, -0.25) is 4.79 Å². The molecule has 0 saturated heterocycles. The Balaban J connectivity index is 1.66. The molecule has 2 heterocycles. The van der Waals surface area contributed by atoms with Crippen molar-refractivity contribution in [1.29, 1.82) is 0 Å². The van der Waals surface area contributed by atoms with Crippen LogP contribution >= 0.6 is 46.2 Å². The lowest BCUT2D eigenvalue weighted by Gasteiger charge is -2.03. The third-order valence-electron chi connectivity index (χ3n) is 3.56. The summed E-state index contributed by atoms with van der Waals surface area (Å²) in [6, 6.07) is 8.61. The minimum absolute atomic E-state index is 0.188. The highest BCUT2D eigenvalue weighted by Crippen LogP contribution is 2.32. The van der Waals surface area contributed by atoms with Crippen LogP contribution in [0.4, 0.5) is 5.69 Å². The van der Waals surface area contributed by atoms with E-state index in [1.807, 2.05) is 30.0 Å². The number of sulfone groups is 1. The molecular formula is C18H20N2O3S5. The van der Waals surface area contributed by atoms with E-state index in [1.165, 1.54) is 12.1 Å². The van der Waals surface area contributed by atoms with Gasteiger partial charge in [-0.2, -0.15) is 11.8 Å². The third-order valence-corrected chi connectivity index (χ3v) is 9.99. The second-order valence-electron chi connectivity index (χ2n) is 6.28. The van der Waals surface area contributed by atoms with Crippen LogP contribution in [-0.2, 0) is 9.84 Å². The maximum atomic E-state index is 12.4. The van der Waals surface area contributed by atoms with E-state index in [4.69, 9.17) is 0 Å². The zero-order chi connectivity index (χ0) is 20.3. The molecule has 0 bridgehead atoms. The quantitative estimate of drug-likeness (QED) is 0.357. The van der Waals surface area contributed by atoms with Crippen LogP contribution < -0.4 is 5.32 Å². The van der Waals surface area contributed by atoms with Crippen LogP contribution in [0.1, 0.15) is 23.5 Å². The number of hydrogen-bond acceptors (Lipinski definition) is 8. The van der Waals surface area contributed by atoms with Crippen molar-refractivity contribution in [2.75, 3.05) is 23.1 Å². The van der Waals surface area contributed by atoms with E-state index in [2.05, 4.69) is 24.1 Å². The summed E-state index contributed by atoms with van der Waals surface area (Å²) in [7, 11) is -3.30. The number of amides is 1. The van der Waals surface area contributed by atoms with Crippen molar-refractivity contribution in [3.05, 3.63) is 35.2 Å². The average Bonchev–Trinajstić information content (AvgIpc) is 3.24. The number of nitrogens with zero attached hydrogens (tertiary/aromatic N) is 1. The number of anilines is 1. The normalized spacial score (nSPS) is 12.0. The lowest BCUT2D eigenvalue weighted by atomic mass is 10.3. The lowest BCUT2D eigenvalue weighted by molar-refractivity contribution is 0.103. The molecule has 1 amide bonds. The number of thiazole rings is 1. The number of nitrogens with one attached hydrogen (secondary N) is 1. The Kier molecular flexibility index (Phi) is 7.08. The molecule has 3 aromatic rings. The van der Waals surface area contributed by atoms with Gasteiger partial charge in [-0.25, -0.2) is 13.4 Å². The van der Waals surface area contributed by atoms with Gasteiger partial charge in [-0.05, 0) is 35.6 Å². The molecule has 0 aliphatic carbocycles. The minimum Gasteiger partial charge on any atom is -0.321 e. The first-order chi connectivity index (χ1) is 13.2. The van der Waals surface area contributed by atoms with E-state index < -0.39 is 9.84 Å². The second-order valence-corrected chi connectivity index (χ2v) is 13.7. The summed E-state index contributed by atoms with van der Waals surface area (Å²) in [5.74, 6) is 1.80. The molecule has 0 spiro atoms. The highest BCUT2D eigenvalue weighted by atomic mass is 32.2. The van der Waals surface area contributed by atoms with Gasteiger partial charge in [-0.1, -0.05) is 25.6 Å². The van der Waals surface area contributed by atoms with Crippen molar-refractivity contribution < 1.29 is 13.2 Å². The van der Waals surface area contributed by atoms with Crippen molar-refractivity contribution in [3.8, 4) is 0 Å². The van der Waals surface area contributed by atoms with Crippen LogP contribution in [0.25, 0.3) is 10.2 Å². The van der Waals surface area contributed by atoms with Crippen LogP contribution in [0.15, 0.2) is 38.9 Å². The van der Waals surface area contributed by atoms with E-state index in [0.717, 1.165) is 43.7 Å². The molecule has 0 aliphatic heterocycles. The zero-order valence-corrected chi connectivity index (χ0v) is 19.7. The standard InChI is InChI=1S/C18H20N2O3S5/c1-11(2)24-8-9-25-18-20-13-5-4-12(10-15(13)27-18)19-17(21)14-6-7-16(26-14)28(3,22)23/h4-7,10-11H,8-9H2,1-3H3,(H,19,21). The first-order valence-electron chi connectivity index (χ1n) is 8.48. The van der Waals surface area contributed by atoms with Gasteiger partial charge in [0.05, 0.1) is 15.1 Å². The summed E-state index contributed by atoms with van der Waals surface area (Å²) in [6.45, 7) is 4.39. The number of fused-ring (bicyclic) bond motifs is 1. The maximum absolute atomic E-state index is 12.4. The SMILES string of the molecule is CC(C)SCCSc1nc2ccc(NC(=O)c3ccc(S(C)(=O)=O)s3)cc2s1. The molecule has 2 aromatic heterocycles. The van der Waals surface area contributed by atoms with Crippen molar-refractivity contribution in [3.63, 3.8) is 0 Å². The Morgan fingerprint density at radius 1 is 1.18 bits per heavy atom. The number of hydrogen-bond donors (Lipinski definition) is 1. The Labute approximate surface area is 181 Å². The van der Waals surface area contributed by atoms with Crippen molar-refractivity contribution in [2.24, 2.45) is 0 Å².